The van der Waals surface area contributed by atoms with Gasteiger partial charge >= 0.3 is 0 Å². The lowest BCUT2D eigenvalue weighted by molar-refractivity contribution is 0.157. The fourth-order valence-electron chi connectivity index (χ4n) is 2.47. The molecule has 102 valence electrons. The largest absolute Gasteiger partial charge is 0.399 e. The number of fused-ring (bicyclic) bond motifs is 1. The molecule has 0 aliphatic heterocycles. The van der Waals surface area contributed by atoms with Crippen LogP contribution in [0.2, 0.25) is 0 Å². The Balaban J connectivity index is 1.95. The summed E-state index contributed by atoms with van der Waals surface area (Å²) in [5.74, 6) is 0.897. The molecule has 1 atom stereocenters. The number of anilines is 1. The number of nitrogens with zero attached hydrogens (tertiary/aromatic N) is 2. The van der Waals surface area contributed by atoms with Crippen LogP contribution in [-0.2, 0) is 6.54 Å². The van der Waals surface area contributed by atoms with Crippen LogP contribution in [0.15, 0.2) is 48.5 Å². The molecular weight excluding hydrogens is 250 g/mol. The quantitative estimate of drug-likeness (QED) is 0.717. The van der Waals surface area contributed by atoms with Crippen molar-refractivity contribution in [2.45, 2.75) is 19.6 Å². The second-order valence-corrected chi connectivity index (χ2v) is 4.94. The van der Waals surface area contributed by atoms with Crippen molar-refractivity contribution in [1.29, 1.82) is 0 Å². The molecule has 3 N–H and O–H groups in total. The summed E-state index contributed by atoms with van der Waals surface area (Å²) in [7, 11) is 0. The highest BCUT2D eigenvalue weighted by Gasteiger charge is 2.13. The minimum Gasteiger partial charge on any atom is -0.399 e. The van der Waals surface area contributed by atoms with Gasteiger partial charge in [-0.1, -0.05) is 24.3 Å². The van der Waals surface area contributed by atoms with Crippen LogP contribution in [0.1, 0.15) is 17.5 Å². The zero-order valence-corrected chi connectivity index (χ0v) is 11.3. The average Bonchev–Trinajstić information content (AvgIpc) is 2.75. The summed E-state index contributed by atoms with van der Waals surface area (Å²) in [6.07, 6.45) is -0.602. The van der Waals surface area contributed by atoms with E-state index in [-0.39, 0.29) is 0 Å². The van der Waals surface area contributed by atoms with Gasteiger partial charge in [-0.3, -0.25) is 0 Å². The Morgan fingerprint density at radius 2 is 2.00 bits per heavy atom. The smallest absolute Gasteiger partial charge is 0.106 e. The highest BCUT2D eigenvalue weighted by molar-refractivity contribution is 5.75. The number of aliphatic hydroxyl groups is 1. The van der Waals surface area contributed by atoms with Gasteiger partial charge in [0.15, 0.2) is 0 Å². The summed E-state index contributed by atoms with van der Waals surface area (Å²) in [5, 5.41) is 10.4. The predicted molar refractivity (Wildman–Crippen MR) is 80.3 cm³/mol. The van der Waals surface area contributed by atoms with Crippen LogP contribution in [0.4, 0.5) is 5.69 Å². The van der Waals surface area contributed by atoms with Crippen molar-refractivity contribution in [2.24, 2.45) is 0 Å². The van der Waals surface area contributed by atoms with E-state index in [0.717, 1.165) is 22.4 Å². The molecule has 0 spiro atoms. The monoisotopic (exact) mass is 267 g/mol. The van der Waals surface area contributed by atoms with Gasteiger partial charge in [0, 0.05) is 5.69 Å². The number of hydrogen-bond donors (Lipinski definition) is 2. The molecule has 2 aromatic carbocycles. The van der Waals surface area contributed by atoms with E-state index in [9.17, 15) is 5.11 Å². The van der Waals surface area contributed by atoms with Crippen molar-refractivity contribution in [3.8, 4) is 0 Å². The van der Waals surface area contributed by atoms with Crippen LogP contribution >= 0.6 is 0 Å². The summed E-state index contributed by atoms with van der Waals surface area (Å²) in [6.45, 7) is 2.42. The summed E-state index contributed by atoms with van der Waals surface area (Å²) in [4.78, 5) is 4.50. The van der Waals surface area contributed by atoms with E-state index in [2.05, 4.69) is 4.98 Å². The fraction of sp³-hybridized carbons (Fsp3) is 0.188. The average molecular weight is 267 g/mol. The molecule has 0 fully saturated rings. The van der Waals surface area contributed by atoms with Gasteiger partial charge in [-0.2, -0.15) is 0 Å². The van der Waals surface area contributed by atoms with Crippen LogP contribution in [0, 0.1) is 6.92 Å². The summed E-state index contributed by atoms with van der Waals surface area (Å²) in [5.41, 5.74) is 9.23. The molecule has 0 saturated heterocycles. The highest BCUT2D eigenvalue weighted by atomic mass is 16.3. The molecule has 0 aliphatic rings. The van der Waals surface area contributed by atoms with Crippen molar-refractivity contribution >= 4 is 16.7 Å². The molecule has 1 unspecified atom stereocenters. The topological polar surface area (TPSA) is 64.1 Å². The van der Waals surface area contributed by atoms with Gasteiger partial charge < -0.3 is 15.4 Å². The predicted octanol–water partition coefficient (Wildman–Crippen LogP) is 2.66. The van der Waals surface area contributed by atoms with Crippen molar-refractivity contribution < 1.29 is 5.11 Å². The van der Waals surface area contributed by atoms with Crippen molar-refractivity contribution in [3.05, 3.63) is 59.9 Å². The lowest BCUT2D eigenvalue weighted by atomic mass is 10.1. The Morgan fingerprint density at radius 1 is 1.20 bits per heavy atom. The van der Waals surface area contributed by atoms with Crippen LogP contribution in [-0.4, -0.2) is 14.7 Å². The number of rotatable bonds is 3. The van der Waals surface area contributed by atoms with E-state index >= 15 is 0 Å². The minimum atomic E-state index is -0.602. The molecule has 0 aliphatic carbocycles. The van der Waals surface area contributed by atoms with Crippen molar-refractivity contribution in [1.82, 2.24) is 9.55 Å². The minimum absolute atomic E-state index is 0.468. The van der Waals surface area contributed by atoms with Gasteiger partial charge in [0.05, 0.1) is 23.7 Å². The molecular formula is C16H17N3O. The molecule has 20 heavy (non-hydrogen) atoms. The second kappa shape index (κ2) is 4.98. The Labute approximate surface area is 117 Å². The maximum absolute atomic E-state index is 10.4. The van der Waals surface area contributed by atoms with E-state index in [0.29, 0.717) is 12.2 Å². The SMILES string of the molecule is Cc1nc2ccccc2n1CC(O)c1cccc(N)c1. The number of aryl methyl sites for hydroxylation is 1. The molecule has 3 aromatic rings. The van der Waals surface area contributed by atoms with E-state index in [4.69, 9.17) is 5.73 Å². The molecule has 0 saturated carbocycles. The molecule has 1 aromatic heterocycles. The van der Waals surface area contributed by atoms with Crippen LogP contribution < -0.4 is 5.73 Å². The number of imidazole rings is 1. The van der Waals surface area contributed by atoms with Crippen molar-refractivity contribution in [2.75, 3.05) is 5.73 Å². The standard InChI is InChI=1S/C16H17N3O/c1-11-18-14-7-2-3-8-15(14)19(11)10-16(20)12-5-4-6-13(17)9-12/h2-9,16,20H,10,17H2,1H3. The van der Waals surface area contributed by atoms with Gasteiger partial charge in [0.1, 0.15) is 5.82 Å². The van der Waals surface area contributed by atoms with Gasteiger partial charge in [-0.25, -0.2) is 4.98 Å². The molecule has 1 heterocycles. The fourth-order valence-corrected chi connectivity index (χ4v) is 2.47. The lowest BCUT2D eigenvalue weighted by Crippen LogP contribution is -2.10. The molecule has 0 bridgehead atoms. The number of nitrogens with two attached hydrogens (primary N) is 1. The second-order valence-electron chi connectivity index (χ2n) is 4.94. The maximum Gasteiger partial charge on any atom is 0.106 e. The molecule has 0 radical (unpaired) electrons. The third-order valence-electron chi connectivity index (χ3n) is 3.50. The molecule has 4 heteroatoms. The summed E-state index contributed by atoms with van der Waals surface area (Å²) in [6, 6.07) is 15.3. The zero-order chi connectivity index (χ0) is 14.1. The maximum atomic E-state index is 10.4. The number of hydrogen-bond acceptors (Lipinski definition) is 3. The lowest BCUT2D eigenvalue weighted by Gasteiger charge is -2.14. The van der Waals surface area contributed by atoms with E-state index in [1.807, 2.05) is 54.0 Å². The van der Waals surface area contributed by atoms with Gasteiger partial charge in [-0.05, 0) is 36.8 Å². The van der Waals surface area contributed by atoms with Crippen LogP contribution in [0.3, 0.4) is 0 Å². The van der Waals surface area contributed by atoms with E-state index in [1.165, 1.54) is 0 Å². The van der Waals surface area contributed by atoms with Gasteiger partial charge in [-0.15, -0.1) is 0 Å². The molecule has 4 nitrogen and oxygen atoms in total. The summed E-state index contributed by atoms with van der Waals surface area (Å²) < 4.78 is 2.03. The first kappa shape index (κ1) is 12.7. The number of aromatic nitrogens is 2. The van der Waals surface area contributed by atoms with Crippen molar-refractivity contribution in [3.63, 3.8) is 0 Å². The normalized spacial score (nSPS) is 12.7. The van der Waals surface area contributed by atoms with Gasteiger partial charge in [0.2, 0.25) is 0 Å². The third kappa shape index (κ3) is 2.26. The van der Waals surface area contributed by atoms with Gasteiger partial charge in [0.25, 0.3) is 0 Å². The number of aliphatic hydroxyl groups excluding tert-OH is 1. The molecule has 0 amide bonds. The van der Waals surface area contributed by atoms with Crippen LogP contribution in [0.5, 0.6) is 0 Å². The Hall–Kier alpha value is -2.33. The Bertz CT molecular complexity index is 748. The zero-order valence-electron chi connectivity index (χ0n) is 11.3. The third-order valence-corrected chi connectivity index (χ3v) is 3.50. The highest BCUT2D eigenvalue weighted by Crippen LogP contribution is 2.22. The summed E-state index contributed by atoms with van der Waals surface area (Å²) >= 11 is 0. The Kier molecular flexibility index (Phi) is 3.16. The molecule has 3 rings (SSSR count). The number of benzene rings is 2. The van der Waals surface area contributed by atoms with Crippen LogP contribution in [0.25, 0.3) is 11.0 Å². The first-order valence-electron chi connectivity index (χ1n) is 6.60. The first-order valence-corrected chi connectivity index (χ1v) is 6.60. The van der Waals surface area contributed by atoms with E-state index in [1.54, 1.807) is 6.07 Å². The first-order chi connectivity index (χ1) is 9.65. The van der Waals surface area contributed by atoms with E-state index < -0.39 is 6.10 Å². The number of para-hydroxylation sites is 2. The Morgan fingerprint density at radius 3 is 2.80 bits per heavy atom. The number of nitrogen functional groups attached to an aromatic ring is 1.